The highest BCUT2D eigenvalue weighted by Crippen LogP contribution is 2.20. The molecule has 1 aliphatic rings. The van der Waals surface area contributed by atoms with E-state index in [2.05, 4.69) is 34.5 Å². The number of benzene rings is 2. The second-order valence-electron chi connectivity index (χ2n) is 6.09. The lowest BCUT2D eigenvalue weighted by molar-refractivity contribution is 0.0954. The Morgan fingerprint density at radius 2 is 1.61 bits per heavy atom. The molecule has 0 radical (unpaired) electrons. The van der Waals surface area contributed by atoms with Gasteiger partial charge in [-0.1, -0.05) is 30.3 Å². The lowest BCUT2D eigenvalue weighted by Gasteiger charge is -2.28. The summed E-state index contributed by atoms with van der Waals surface area (Å²) >= 11 is 0. The highest BCUT2D eigenvalue weighted by molar-refractivity contribution is 5.94. The summed E-state index contributed by atoms with van der Waals surface area (Å²) in [5.41, 5.74) is 3.21. The molecule has 0 bridgehead atoms. The first kappa shape index (κ1) is 15.6. The van der Waals surface area contributed by atoms with Crippen molar-refractivity contribution in [3.63, 3.8) is 0 Å². The van der Waals surface area contributed by atoms with Crippen molar-refractivity contribution in [1.82, 2.24) is 5.32 Å². The van der Waals surface area contributed by atoms with Gasteiger partial charge >= 0.3 is 0 Å². The van der Waals surface area contributed by atoms with Crippen LogP contribution in [0.4, 0.5) is 5.69 Å². The summed E-state index contributed by atoms with van der Waals surface area (Å²) in [6.07, 6.45) is 4.72. The number of hydrogen-bond acceptors (Lipinski definition) is 2. The molecule has 0 aromatic heterocycles. The Bertz CT molecular complexity index is 616. The number of nitrogens with zero attached hydrogens (tertiary/aromatic N) is 1. The van der Waals surface area contributed by atoms with Crippen molar-refractivity contribution >= 4 is 11.6 Å². The Labute approximate surface area is 138 Å². The predicted octanol–water partition coefficient (Wildman–Crippen LogP) is 3.65. The molecular formula is C20H24N2O. The topological polar surface area (TPSA) is 32.3 Å². The van der Waals surface area contributed by atoms with Crippen molar-refractivity contribution in [2.24, 2.45) is 0 Å². The van der Waals surface area contributed by atoms with Gasteiger partial charge in [0.05, 0.1) is 0 Å². The third-order valence-electron chi connectivity index (χ3n) is 4.39. The maximum Gasteiger partial charge on any atom is 0.251 e. The number of carbonyl (C=O) groups excluding carboxylic acids is 1. The number of hydrogen-bond donors (Lipinski definition) is 1. The van der Waals surface area contributed by atoms with Crippen molar-refractivity contribution in [1.29, 1.82) is 0 Å². The molecule has 3 rings (SSSR count). The van der Waals surface area contributed by atoms with E-state index in [-0.39, 0.29) is 5.91 Å². The van der Waals surface area contributed by atoms with Gasteiger partial charge in [0, 0.05) is 30.9 Å². The molecule has 1 amide bonds. The van der Waals surface area contributed by atoms with Gasteiger partial charge in [-0.3, -0.25) is 4.79 Å². The van der Waals surface area contributed by atoms with Crippen LogP contribution in [0.3, 0.4) is 0 Å². The normalized spacial score (nSPS) is 14.5. The molecule has 0 unspecified atom stereocenters. The summed E-state index contributed by atoms with van der Waals surface area (Å²) in [6, 6.07) is 18.2. The first-order valence-electron chi connectivity index (χ1n) is 8.50. The van der Waals surface area contributed by atoms with Gasteiger partial charge in [0.15, 0.2) is 0 Å². The second-order valence-corrected chi connectivity index (χ2v) is 6.09. The molecule has 120 valence electrons. The Balaban J connectivity index is 1.51. The third-order valence-corrected chi connectivity index (χ3v) is 4.39. The zero-order valence-electron chi connectivity index (χ0n) is 13.5. The van der Waals surface area contributed by atoms with Gasteiger partial charge < -0.3 is 10.2 Å². The molecule has 1 saturated heterocycles. The molecule has 1 heterocycles. The molecule has 1 N–H and O–H groups in total. The fourth-order valence-electron chi connectivity index (χ4n) is 3.04. The number of rotatable bonds is 5. The number of anilines is 1. The number of piperidine rings is 1. The van der Waals surface area contributed by atoms with Crippen molar-refractivity contribution < 1.29 is 4.79 Å². The molecule has 3 heteroatoms. The van der Waals surface area contributed by atoms with Crippen molar-refractivity contribution in [3.05, 3.63) is 65.7 Å². The summed E-state index contributed by atoms with van der Waals surface area (Å²) in [5, 5.41) is 2.99. The largest absolute Gasteiger partial charge is 0.372 e. The summed E-state index contributed by atoms with van der Waals surface area (Å²) in [6.45, 7) is 2.92. The molecule has 1 fully saturated rings. The number of carbonyl (C=O) groups is 1. The zero-order valence-corrected chi connectivity index (χ0v) is 13.5. The molecule has 0 atom stereocenters. The van der Waals surface area contributed by atoms with Gasteiger partial charge in [0.25, 0.3) is 5.91 Å². The molecule has 1 aliphatic heterocycles. The Hall–Kier alpha value is -2.29. The summed E-state index contributed by atoms with van der Waals surface area (Å²) < 4.78 is 0. The zero-order chi connectivity index (χ0) is 15.9. The van der Waals surface area contributed by atoms with Crippen LogP contribution in [-0.2, 0) is 6.42 Å². The smallest absolute Gasteiger partial charge is 0.251 e. The minimum absolute atomic E-state index is 0.00567. The van der Waals surface area contributed by atoms with Gasteiger partial charge in [-0.05, 0) is 55.5 Å². The molecular weight excluding hydrogens is 284 g/mol. The SMILES string of the molecule is O=C(NCCc1ccccc1)c1ccc(N2CCCCC2)cc1. The number of amides is 1. The van der Waals surface area contributed by atoms with Crippen LogP contribution in [0, 0.1) is 0 Å². The third kappa shape index (κ3) is 4.35. The predicted molar refractivity (Wildman–Crippen MR) is 95.0 cm³/mol. The van der Waals surface area contributed by atoms with Crippen LogP contribution in [-0.4, -0.2) is 25.5 Å². The standard InChI is InChI=1S/C20H24N2O/c23-20(21-14-13-17-7-3-1-4-8-17)18-9-11-19(12-10-18)22-15-5-2-6-16-22/h1,3-4,7-12H,2,5-6,13-16H2,(H,21,23). The quantitative estimate of drug-likeness (QED) is 0.914. The maximum absolute atomic E-state index is 12.2. The summed E-state index contributed by atoms with van der Waals surface area (Å²) in [7, 11) is 0. The van der Waals surface area contributed by atoms with E-state index in [1.165, 1.54) is 30.5 Å². The van der Waals surface area contributed by atoms with Crippen LogP contribution in [0.25, 0.3) is 0 Å². The fourth-order valence-corrected chi connectivity index (χ4v) is 3.04. The van der Waals surface area contributed by atoms with E-state index in [1.54, 1.807) is 0 Å². The fraction of sp³-hybridized carbons (Fsp3) is 0.350. The molecule has 3 nitrogen and oxygen atoms in total. The van der Waals surface area contributed by atoms with E-state index in [0.29, 0.717) is 6.54 Å². The van der Waals surface area contributed by atoms with E-state index in [1.807, 2.05) is 30.3 Å². The van der Waals surface area contributed by atoms with Gasteiger partial charge in [0.2, 0.25) is 0 Å². The van der Waals surface area contributed by atoms with E-state index in [4.69, 9.17) is 0 Å². The highest BCUT2D eigenvalue weighted by Gasteiger charge is 2.11. The molecule has 2 aromatic carbocycles. The average molecular weight is 308 g/mol. The van der Waals surface area contributed by atoms with Crippen molar-refractivity contribution in [3.8, 4) is 0 Å². The van der Waals surface area contributed by atoms with Crippen molar-refractivity contribution in [2.75, 3.05) is 24.5 Å². The molecule has 0 aliphatic carbocycles. The van der Waals surface area contributed by atoms with E-state index in [9.17, 15) is 4.79 Å². The summed E-state index contributed by atoms with van der Waals surface area (Å²) in [4.78, 5) is 14.6. The maximum atomic E-state index is 12.2. The van der Waals surface area contributed by atoms with E-state index >= 15 is 0 Å². The molecule has 23 heavy (non-hydrogen) atoms. The lowest BCUT2D eigenvalue weighted by Crippen LogP contribution is -2.29. The van der Waals surface area contributed by atoms with Gasteiger partial charge in [-0.15, -0.1) is 0 Å². The van der Waals surface area contributed by atoms with Crippen LogP contribution < -0.4 is 10.2 Å². The van der Waals surface area contributed by atoms with Gasteiger partial charge in [-0.2, -0.15) is 0 Å². The van der Waals surface area contributed by atoms with Crippen LogP contribution in [0.5, 0.6) is 0 Å². The second kappa shape index (κ2) is 7.82. The monoisotopic (exact) mass is 308 g/mol. The molecule has 0 saturated carbocycles. The Kier molecular flexibility index (Phi) is 5.30. The Morgan fingerprint density at radius 3 is 2.30 bits per heavy atom. The van der Waals surface area contributed by atoms with Gasteiger partial charge in [-0.25, -0.2) is 0 Å². The minimum atomic E-state index is 0.00567. The minimum Gasteiger partial charge on any atom is -0.372 e. The van der Waals surface area contributed by atoms with E-state index < -0.39 is 0 Å². The number of nitrogens with one attached hydrogen (secondary N) is 1. The summed E-state index contributed by atoms with van der Waals surface area (Å²) in [5.74, 6) is 0.00567. The van der Waals surface area contributed by atoms with Crippen LogP contribution >= 0.6 is 0 Å². The van der Waals surface area contributed by atoms with Crippen LogP contribution in [0.1, 0.15) is 35.2 Å². The Morgan fingerprint density at radius 1 is 0.913 bits per heavy atom. The van der Waals surface area contributed by atoms with Gasteiger partial charge in [0.1, 0.15) is 0 Å². The first-order valence-corrected chi connectivity index (χ1v) is 8.50. The van der Waals surface area contributed by atoms with Crippen LogP contribution in [0.15, 0.2) is 54.6 Å². The average Bonchev–Trinajstić information content (AvgIpc) is 2.63. The van der Waals surface area contributed by atoms with Crippen LogP contribution in [0.2, 0.25) is 0 Å². The first-order chi connectivity index (χ1) is 11.3. The molecule has 0 spiro atoms. The lowest BCUT2D eigenvalue weighted by atomic mass is 10.1. The highest BCUT2D eigenvalue weighted by atomic mass is 16.1. The van der Waals surface area contributed by atoms with Crippen molar-refractivity contribution in [2.45, 2.75) is 25.7 Å². The molecule has 2 aromatic rings. The van der Waals surface area contributed by atoms with E-state index in [0.717, 1.165) is 25.1 Å².